The van der Waals surface area contributed by atoms with Crippen LogP contribution in [0.2, 0.25) is 0 Å². The van der Waals surface area contributed by atoms with Gasteiger partial charge in [-0.2, -0.15) is 0 Å². The van der Waals surface area contributed by atoms with Crippen LogP contribution in [-0.4, -0.2) is 26.0 Å². The number of hydrogen-bond donors (Lipinski definition) is 0. The third-order valence-corrected chi connectivity index (χ3v) is 2.83. The van der Waals surface area contributed by atoms with E-state index in [4.69, 9.17) is 0 Å². The van der Waals surface area contributed by atoms with Crippen LogP contribution in [0.3, 0.4) is 0 Å². The van der Waals surface area contributed by atoms with Gasteiger partial charge in [-0.3, -0.25) is 4.79 Å². The van der Waals surface area contributed by atoms with Crippen LogP contribution < -0.4 is 0 Å². The summed E-state index contributed by atoms with van der Waals surface area (Å²) in [4.78, 5) is 11.5. The van der Waals surface area contributed by atoms with Crippen molar-refractivity contribution in [3.63, 3.8) is 0 Å². The monoisotopic (exact) mass is 214 g/mol. The van der Waals surface area contributed by atoms with E-state index in [9.17, 15) is 4.79 Å². The Bertz CT molecular complexity index is 533. The zero-order chi connectivity index (χ0) is 11.0. The van der Waals surface area contributed by atoms with E-state index in [2.05, 4.69) is 21.6 Å². The Kier molecular flexibility index (Phi) is 2.02. The second-order valence-corrected chi connectivity index (χ2v) is 3.92. The lowest BCUT2D eigenvalue weighted by atomic mass is 10.1. The first-order chi connectivity index (χ1) is 7.83. The van der Waals surface area contributed by atoms with Crippen molar-refractivity contribution in [2.45, 2.75) is 19.4 Å². The smallest absolute Gasteiger partial charge is 0.163 e. The fourth-order valence-electron chi connectivity index (χ4n) is 2.05. The van der Waals surface area contributed by atoms with E-state index < -0.39 is 0 Å². The molecule has 1 aliphatic carbocycles. The summed E-state index contributed by atoms with van der Waals surface area (Å²) in [6, 6.07) is 5.94. The molecule has 0 N–H and O–H groups in total. The average Bonchev–Trinajstić information content (AvgIpc) is 2.90. The predicted octanol–water partition coefficient (Wildman–Crippen LogP) is 0.850. The SMILES string of the molecule is O=C1CCc2cc(Cn3cnnn3)ccc21. The van der Waals surface area contributed by atoms with Gasteiger partial charge in [-0.05, 0) is 28.0 Å². The zero-order valence-corrected chi connectivity index (χ0v) is 8.63. The molecule has 0 radical (unpaired) electrons. The molecule has 1 aromatic carbocycles. The molecule has 3 rings (SSSR count). The van der Waals surface area contributed by atoms with Crippen molar-refractivity contribution in [2.24, 2.45) is 0 Å². The van der Waals surface area contributed by atoms with Gasteiger partial charge < -0.3 is 0 Å². The third-order valence-electron chi connectivity index (χ3n) is 2.83. The van der Waals surface area contributed by atoms with E-state index in [0.29, 0.717) is 13.0 Å². The third kappa shape index (κ3) is 1.50. The molecule has 0 spiro atoms. The highest BCUT2D eigenvalue weighted by Gasteiger charge is 2.19. The number of benzene rings is 1. The molecule has 0 atom stereocenters. The fraction of sp³-hybridized carbons (Fsp3) is 0.273. The van der Waals surface area contributed by atoms with Gasteiger partial charge in [-0.15, -0.1) is 5.10 Å². The summed E-state index contributed by atoms with van der Waals surface area (Å²) in [7, 11) is 0. The van der Waals surface area contributed by atoms with Crippen molar-refractivity contribution in [3.05, 3.63) is 41.2 Å². The summed E-state index contributed by atoms with van der Waals surface area (Å²) in [5.41, 5.74) is 3.15. The zero-order valence-electron chi connectivity index (χ0n) is 8.63. The second kappa shape index (κ2) is 3.52. The molecule has 0 bridgehead atoms. The molecule has 5 nitrogen and oxygen atoms in total. The molecule has 0 aliphatic heterocycles. The van der Waals surface area contributed by atoms with Crippen LogP contribution in [0, 0.1) is 0 Å². The van der Waals surface area contributed by atoms with Gasteiger partial charge in [0.2, 0.25) is 0 Å². The molecule has 2 aromatic rings. The van der Waals surface area contributed by atoms with Crippen LogP contribution in [-0.2, 0) is 13.0 Å². The van der Waals surface area contributed by atoms with E-state index in [1.807, 2.05) is 12.1 Å². The Morgan fingerprint density at radius 3 is 3.06 bits per heavy atom. The van der Waals surface area contributed by atoms with Crippen LogP contribution in [0.1, 0.15) is 27.9 Å². The summed E-state index contributed by atoms with van der Waals surface area (Å²) in [6.45, 7) is 0.647. The molecule has 1 heterocycles. The number of fused-ring (bicyclic) bond motifs is 1. The molecule has 5 heteroatoms. The fourth-order valence-corrected chi connectivity index (χ4v) is 2.05. The molecule has 0 amide bonds. The number of nitrogens with zero attached hydrogens (tertiary/aromatic N) is 4. The summed E-state index contributed by atoms with van der Waals surface area (Å²) >= 11 is 0. The van der Waals surface area contributed by atoms with Crippen molar-refractivity contribution < 1.29 is 4.79 Å². The first-order valence-corrected chi connectivity index (χ1v) is 5.19. The molecule has 0 unspecified atom stereocenters. The van der Waals surface area contributed by atoms with Gasteiger partial charge in [0.1, 0.15) is 6.33 Å². The Morgan fingerprint density at radius 2 is 2.25 bits per heavy atom. The van der Waals surface area contributed by atoms with Crippen LogP contribution in [0.5, 0.6) is 0 Å². The Hall–Kier alpha value is -2.04. The minimum atomic E-state index is 0.254. The van der Waals surface area contributed by atoms with Crippen LogP contribution in [0.4, 0.5) is 0 Å². The van der Waals surface area contributed by atoms with Crippen molar-refractivity contribution in [2.75, 3.05) is 0 Å². The Labute approximate surface area is 92.1 Å². The Balaban J connectivity index is 1.90. The van der Waals surface area contributed by atoms with Crippen molar-refractivity contribution >= 4 is 5.78 Å². The number of aryl methyl sites for hydroxylation is 1. The van der Waals surface area contributed by atoms with Crippen molar-refractivity contribution in [1.29, 1.82) is 0 Å². The summed E-state index contributed by atoms with van der Waals surface area (Å²) in [5.74, 6) is 0.254. The number of rotatable bonds is 2. The van der Waals surface area contributed by atoms with Gasteiger partial charge in [0, 0.05) is 12.0 Å². The highest BCUT2D eigenvalue weighted by atomic mass is 16.1. The topological polar surface area (TPSA) is 60.7 Å². The second-order valence-electron chi connectivity index (χ2n) is 3.92. The number of Topliss-reactive ketones (excluding diaryl/α,β-unsaturated/α-hetero) is 1. The van der Waals surface area contributed by atoms with Crippen LogP contribution in [0.25, 0.3) is 0 Å². The summed E-state index contributed by atoms with van der Waals surface area (Å²) < 4.78 is 1.67. The molecule has 1 aromatic heterocycles. The number of hydrogen-bond acceptors (Lipinski definition) is 4. The lowest BCUT2D eigenvalue weighted by Crippen LogP contribution is -2.01. The van der Waals surface area contributed by atoms with Gasteiger partial charge in [-0.1, -0.05) is 18.2 Å². The quantitative estimate of drug-likeness (QED) is 0.743. The lowest BCUT2D eigenvalue weighted by Gasteiger charge is -2.03. The lowest BCUT2D eigenvalue weighted by molar-refractivity contribution is 0.0994. The Morgan fingerprint density at radius 1 is 1.31 bits per heavy atom. The van der Waals surface area contributed by atoms with Gasteiger partial charge in [-0.25, -0.2) is 4.68 Å². The molecule has 0 saturated heterocycles. The van der Waals surface area contributed by atoms with Crippen molar-refractivity contribution in [1.82, 2.24) is 20.2 Å². The maximum atomic E-state index is 11.5. The van der Waals surface area contributed by atoms with Gasteiger partial charge in [0.15, 0.2) is 5.78 Å². The van der Waals surface area contributed by atoms with E-state index in [1.54, 1.807) is 11.0 Å². The first-order valence-electron chi connectivity index (χ1n) is 5.19. The molecular weight excluding hydrogens is 204 g/mol. The number of carbonyl (C=O) groups excluding carboxylic acids is 1. The minimum absolute atomic E-state index is 0.254. The van der Waals surface area contributed by atoms with E-state index in [-0.39, 0.29) is 5.78 Å². The number of carbonyl (C=O) groups is 1. The highest BCUT2D eigenvalue weighted by molar-refractivity contribution is 6.00. The summed E-state index contributed by atoms with van der Waals surface area (Å²) in [6.07, 6.45) is 3.08. The van der Waals surface area contributed by atoms with Crippen LogP contribution >= 0.6 is 0 Å². The van der Waals surface area contributed by atoms with Gasteiger partial charge >= 0.3 is 0 Å². The van der Waals surface area contributed by atoms with E-state index in [1.165, 1.54) is 0 Å². The average molecular weight is 214 g/mol. The number of aromatic nitrogens is 4. The standard InChI is InChI=1S/C11H10N4O/c16-11-4-2-9-5-8(1-3-10(9)11)6-15-7-12-13-14-15/h1,3,5,7H,2,4,6H2. The van der Waals surface area contributed by atoms with Gasteiger partial charge in [0.25, 0.3) is 0 Å². The normalized spacial score (nSPS) is 14.1. The molecular formula is C11H10N4O. The maximum absolute atomic E-state index is 11.5. The highest BCUT2D eigenvalue weighted by Crippen LogP contribution is 2.23. The predicted molar refractivity (Wildman–Crippen MR) is 56.0 cm³/mol. The minimum Gasteiger partial charge on any atom is -0.294 e. The first kappa shape index (κ1) is 9.21. The maximum Gasteiger partial charge on any atom is 0.163 e. The van der Waals surface area contributed by atoms with Crippen LogP contribution in [0.15, 0.2) is 24.5 Å². The van der Waals surface area contributed by atoms with E-state index >= 15 is 0 Å². The number of ketones is 1. The van der Waals surface area contributed by atoms with E-state index in [0.717, 1.165) is 23.1 Å². The molecule has 80 valence electrons. The van der Waals surface area contributed by atoms with Gasteiger partial charge in [0.05, 0.1) is 6.54 Å². The molecule has 1 aliphatic rings. The molecule has 16 heavy (non-hydrogen) atoms. The summed E-state index contributed by atoms with van der Waals surface area (Å²) in [5, 5.41) is 11.0. The largest absolute Gasteiger partial charge is 0.294 e. The van der Waals surface area contributed by atoms with Crippen molar-refractivity contribution in [3.8, 4) is 0 Å². The molecule has 0 saturated carbocycles. The number of tetrazole rings is 1. The molecule has 0 fully saturated rings.